The molecule has 0 aromatic heterocycles. The van der Waals surface area contributed by atoms with E-state index in [9.17, 15) is 0 Å². The molecule has 3 heteroatoms. The summed E-state index contributed by atoms with van der Waals surface area (Å²) >= 11 is 0. The smallest absolute Gasteiger partial charge is 0.0701 e. The summed E-state index contributed by atoms with van der Waals surface area (Å²) in [5.41, 5.74) is 2.50. The van der Waals surface area contributed by atoms with Gasteiger partial charge in [-0.15, -0.1) is 0 Å². The van der Waals surface area contributed by atoms with E-state index in [4.69, 9.17) is 9.47 Å². The largest absolute Gasteiger partial charge is 0.388 e. The predicted octanol–water partition coefficient (Wildman–Crippen LogP) is 4.84. The molecule has 0 unspecified atom stereocenters. The van der Waals surface area contributed by atoms with Gasteiger partial charge >= 0.3 is 0 Å². The van der Waals surface area contributed by atoms with Gasteiger partial charge in [-0.1, -0.05) is 51.7 Å². The fourth-order valence-electron chi connectivity index (χ4n) is 2.12. The third-order valence-electron chi connectivity index (χ3n) is 3.49. The van der Waals surface area contributed by atoms with E-state index in [2.05, 4.69) is 38.9 Å². The lowest BCUT2D eigenvalue weighted by atomic mass is 10.0. The van der Waals surface area contributed by atoms with Gasteiger partial charge in [0.2, 0.25) is 0 Å². The van der Waals surface area contributed by atoms with Gasteiger partial charge in [-0.25, -0.2) is 0 Å². The van der Waals surface area contributed by atoms with Crippen LogP contribution in [-0.4, -0.2) is 33.0 Å². The van der Waals surface area contributed by atoms with Crippen molar-refractivity contribution in [1.82, 2.24) is 5.32 Å². The molecule has 0 radical (unpaired) electrons. The lowest BCUT2D eigenvalue weighted by Gasteiger charge is -2.09. The third kappa shape index (κ3) is 14.2. The number of hydrogen-bond acceptors (Lipinski definition) is 3. The second-order valence-corrected chi connectivity index (χ2v) is 5.79. The van der Waals surface area contributed by atoms with Crippen molar-refractivity contribution in [3.8, 4) is 0 Å². The highest BCUT2D eigenvalue weighted by atomic mass is 16.5. The number of ether oxygens (including phenoxy) is 2. The molecule has 0 heterocycles. The van der Waals surface area contributed by atoms with E-state index >= 15 is 0 Å². The van der Waals surface area contributed by atoms with Crippen LogP contribution in [-0.2, 0) is 9.47 Å². The quantitative estimate of drug-likeness (QED) is 0.327. The lowest BCUT2D eigenvalue weighted by molar-refractivity contribution is 0.0498. The summed E-state index contributed by atoms with van der Waals surface area (Å²) in [6.07, 6.45) is 10.9. The maximum atomic E-state index is 5.51. The average molecular weight is 312 g/mol. The number of hydrogen-bond donors (Lipinski definition) is 1. The van der Waals surface area contributed by atoms with E-state index in [1.54, 1.807) is 0 Å². The fraction of sp³-hybridized carbons (Fsp3) is 0.789. The molecule has 0 bridgehead atoms. The molecule has 0 amide bonds. The summed E-state index contributed by atoms with van der Waals surface area (Å²) in [4.78, 5) is 0. The van der Waals surface area contributed by atoms with Gasteiger partial charge in [-0.05, 0) is 38.0 Å². The van der Waals surface area contributed by atoms with Crippen LogP contribution >= 0.6 is 0 Å². The summed E-state index contributed by atoms with van der Waals surface area (Å²) in [7, 11) is 0. The SMILES string of the molecule is C=C(C)/C(=C\NCCOCCOCCC)CCCCCCC. The maximum absolute atomic E-state index is 5.51. The molecular formula is C19H37NO2. The van der Waals surface area contributed by atoms with Gasteiger partial charge < -0.3 is 14.8 Å². The Hall–Kier alpha value is -0.800. The van der Waals surface area contributed by atoms with Gasteiger partial charge in [0.25, 0.3) is 0 Å². The third-order valence-corrected chi connectivity index (χ3v) is 3.49. The Morgan fingerprint density at radius 3 is 2.23 bits per heavy atom. The first kappa shape index (κ1) is 21.2. The molecule has 1 N–H and O–H groups in total. The van der Waals surface area contributed by atoms with Gasteiger partial charge in [0.1, 0.15) is 0 Å². The van der Waals surface area contributed by atoms with Crippen LogP contribution in [0.4, 0.5) is 0 Å². The fourth-order valence-corrected chi connectivity index (χ4v) is 2.12. The molecule has 0 spiro atoms. The minimum absolute atomic E-state index is 0.677. The molecule has 0 saturated carbocycles. The van der Waals surface area contributed by atoms with Crippen molar-refractivity contribution in [2.45, 2.75) is 65.7 Å². The van der Waals surface area contributed by atoms with Crippen LogP contribution in [0.5, 0.6) is 0 Å². The molecular weight excluding hydrogens is 274 g/mol. The molecule has 0 saturated heterocycles. The van der Waals surface area contributed by atoms with Crippen molar-refractivity contribution in [2.24, 2.45) is 0 Å². The van der Waals surface area contributed by atoms with E-state index in [0.29, 0.717) is 19.8 Å². The van der Waals surface area contributed by atoms with Gasteiger partial charge in [-0.2, -0.15) is 0 Å². The number of rotatable bonds is 16. The van der Waals surface area contributed by atoms with E-state index in [1.165, 1.54) is 37.7 Å². The Morgan fingerprint density at radius 2 is 1.59 bits per heavy atom. The van der Waals surface area contributed by atoms with Crippen molar-refractivity contribution in [3.63, 3.8) is 0 Å². The van der Waals surface area contributed by atoms with Gasteiger partial charge in [0.05, 0.1) is 19.8 Å². The van der Waals surface area contributed by atoms with Crippen LogP contribution in [0, 0.1) is 0 Å². The minimum Gasteiger partial charge on any atom is -0.388 e. The lowest BCUT2D eigenvalue weighted by Crippen LogP contribution is -2.16. The second-order valence-electron chi connectivity index (χ2n) is 5.79. The second kappa shape index (κ2) is 16.6. The summed E-state index contributed by atoms with van der Waals surface area (Å²) in [6, 6.07) is 0. The standard InChI is InChI=1S/C19H37NO2/c1-5-7-8-9-10-11-19(18(3)4)17-20-12-14-22-16-15-21-13-6-2/h17,20H,3,5-16H2,1-2,4H3/b19-17-. The summed E-state index contributed by atoms with van der Waals surface area (Å²) in [6.45, 7) is 14.3. The minimum atomic E-state index is 0.677. The normalized spacial score (nSPS) is 11.7. The van der Waals surface area contributed by atoms with Crippen molar-refractivity contribution in [1.29, 1.82) is 0 Å². The van der Waals surface area contributed by atoms with Crippen LogP contribution in [0.3, 0.4) is 0 Å². The summed E-state index contributed by atoms with van der Waals surface area (Å²) in [5.74, 6) is 0. The Labute approximate surface area is 138 Å². The van der Waals surface area contributed by atoms with Crippen LogP contribution in [0.1, 0.15) is 65.7 Å². The van der Waals surface area contributed by atoms with Gasteiger partial charge in [-0.3, -0.25) is 0 Å². The Morgan fingerprint density at radius 1 is 0.909 bits per heavy atom. The zero-order valence-corrected chi connectivity index (χ0v) is 15.1. The molecule has 0 aromatic carbocycles. The maximum Gasteiger partial charge on any atom is 0.0701 e. The highest BCUT2D eigenvalue weighted by Gasteiger charge is 1.99. The molecule has 22 heavy (non-hydrogen) atoms. The highest BCUT2D eigenvalue weighted by molar-refractivity contribution is 5.25. The summed E-state index contributed by atoms with van der Waals surface area (Å²) in [5, 5.41) is 3.33. The zero-order valence-electron chi connectivity index (χ0n) is 15.1. The monoisotopic (exact) mass is 311 g/mol. The molecule has 130 valence electrons. The Bertz CT molecular complexity index is 287. The molecule has 0 fully saturated rings. The predicted molar refractivity (Wildman–Crippen MR) is 96.2 cm³/mol. The van der Waals surface area contributed by atoms with Crippen LogP contribution < -0.4 is 5.32 Å². The number of unbranched alkanes of at least 4 members (excludes halogenated alkanes) is 4. The molecule has 0 aliphatic rings. The van der Waals surface area contributed by atoms with Crippen molar-refractivity contribution in [2.75, 3.05) is 33.0 Å². The van der Waals surface area contributed by atoms with Crippen molar-refractivity contribution >= 4 is 0 Å². The molecule has 3 nitrogen and oxygen atoms in total. The molecule has 0 aliphatic carbocycles. The first-order valence-electron chi connectivity index (χ1n) is 8.96. The highest BCUT2D eigenvalue weighted by Crippen LogP contribution is 2.16. The first-order chi connectivity index (χ1) is 10.7. The molecule has 0 rings (SSSR count). The summed E-state index contributed by atoms with van der Waals surface area (Å²) < 4.78 is 10.9. The Kier molecular flexibility index (Phi) is 16.0. The van der Waals surface area contributed by atoms with E-state index in [1.807, 2.05) is 0 Å². The molecule has 0 aliphatic heterocycles. The number of allylic oxidation sites excluding steroid dienone is 2. The van der Waals surface area contributed by atoms with Gasteiger partial charge in [0, 0.05) is 13.2 Å². The average Bonchev–Trinajstić information content (AvgIpc) is 2.50. The van der Waals surface area contributed by atoms with Crippen molar-refractivity contribution < 1.29 is 9.47 Å². The zero-order chi connectivity index (χ0) is 16.5. The first-order valence-corrected chi connectivity index (χ1v) is 8.96. The van der Waals surface area contributed by atoms with Crippen molar-refractivity contribution in [3.05, 3.63) is 23.9 Å². The topological polar surface area (TPSA) is 30.5 Å². The van der Waals surface area contributed by atoms with E-state index in [0.717, 1.165) is 31.6 Å². The van der Waals surface area contributed by atoms with Crippen LogP contribution in [0.25, 0.3) is 0 Å². The Balaban J connectivity index is 3.64. The van der Waals surface area contributed by atoms with E-state index in [-0.39, 0.29) is 0 Å². The molecule has 0 atom stereocenters. The van der Waals surface area contributed by atoms with Gasteiger partial charge in [0.15, 0.2) is 0 Å². The van der Waals surface area contributed by atoms with Crippen LogP contribution in [0.2, 0.25) is 0 Å². The van der Waals surface area contributed by atoms with E-state index < -0.39 is 0 Å². The molecule has 0 aromatic rings. The number of nitrogens with one attached hydrogen (secondary N) is 1. The van der Waals surface area contributed by atoms with Crippen LogP contribution in [0.15, 0.2) is 23.9 Å².